The molecule has 1 aliphatic rings. The van der Waals surface area contributed by atoms with Gasteiger partial charge in [-0.25, -0.2) is 4.39 Å². The number of alkyl halides is 1. The highest BCUT2D eigenvalue weighted by Gasteiger charge is 2.31. The van der Waals surface area contributed by atoms with Crippen molar-refractivity contribution in [2.75, 3.05) is 0 Å². The van der Waals surface area contributed by atoms with Gasteiger partial charge in [0.25, 0.3) is 0 Å². The van der Waals surface area contributed by atoms with Crippen LogP contribution in [-0.2, 0) is 0 Å². The van der Waals surface area contributed by atoms with Crippen molar-refractivity contribution in [1.29, 1.82) is 0 Å². The van der Waals surface area contributed by atoms with E-state index in [-0.39, 0.29) is 0 Å². The summed E-state index contributed by atoms with van der Waals surface area (Å²) in [6, 6.07) is 0. The molecule has 13 heavy (non-hydrogen) atoms. The maximum absolute atomic E-state index is 13.8. The zero-order valence-corrected chi connectivity index (χ0v) is 9.28. The van der Waals surface area contributed by atoms with Gasteiger partial charge in [0.1, 0.15) is 5.67 Å². The summed E-state index contributed by atoms with van der Waals surface area (Å²) < 4.78 is 13.8. The third kappa shape index (κ3) is 3.66. The molecule has 3 unspecified atom stereocenters. The van der Waals surface area contributed by atoms with Gasteiger partial charge in [-0.2, -0.15) is 0 Å². The Morgan fingerprint density at radius 2 is 2.15 bits per heavy atom. The third-order valence-corrected chi connectivity index (χ3v) is 3.28. The molecule has 0 N–H and O–H groups in total. The van der Waals surface area contributed by atoms with Crippen molar-refractivity contribution in [3.05, 3.63) is 0 Å². The van der Waals surface area contributed by atoms with Crippen LogP contribution in [0.2, 0.25) is 0 Å². The van der Waals surface area contributed by atoms with Gasteiger partial charge in [0.15, 0.2) is 0 Å². The van der Waals surface area contributed by atoms with Crippen LogP contribution in [0.3, 0.4) is 0 Å². The first-order valence-corrected chi connectivity index (χ1v) is 5.72. The van der Waals surface area contributed by atoms with Gasteiger partial charge < -0.3 is 0 Å². The second-order valence-electron chi connectivity index (χ2n) is 5.15. The van der Waals surface area contributed by atoms with E-state index in [9.17, 15) is 4.39 Å². The number of halogens is 1. The summed E-state index contributed by atoms with van der Waals surface area (Å²) >= 11 is 0. The second kappa shape index (κ2) is 4.43. The molecule has 78 valence electrons. The highest BCUT2D eigenvalue weighted by molar-refractivity contribution is 4.82. The molecule has 0 aromatic heterocycles. The van der Waals surface area contributed by atoms with Crippen LogP contribution in [-0.4, -0.2) is 5.67 Å². The zero-order valence-electron chi connectivity index (χ0n) is 9.28. The summed E-state index contributed by atoms with van der Waals surface area (Å²) in [5.41, 5.74) is -0.887. The summed E-state index contributed by atoms with van der Waals surface area (Å²) in [5, 5.41) is 0. The van der Waals surface area contributed by atoms with Gasteiger partial charge in [0, 0.05) is 0 Å². The standard InChI is InChI=1S/C12H23F/c1-4-5-11-6-7-12(3,13)9-10(2)8-11/h10-11H,4-9H2,1-3H3. The third-order valence-electron chi connectivity index (χ3n) is 3.28. The molecule has 0 bridgehead atoms. The maximum atomic E-state index is 13.8. The van der Waals surface area contributed by atoms with Crippen molar-refractivity contribution in [3.8, 4) is 0 Å². The van der Waals surface area contributed by atoms with Crippen molar-refractivity contribution in [3.63, 3.8) is 0 Å². The van der Waals surface area contributed by atoms with Crippen LogP contribution in [0.25, 0.3) is 0 Å². The Morgan fingerprint density at radius 3 is 2.77 bits per heavy atom. The molecule has 0 heterocycles. The number of rotatable bonds is 2. The fourth-order valence-electron chi connectivity index (χ4n) is 2.77. The molecule has 0 radical (unpaired) electrons. The Morgan fingerprint density at radius 1 is 1.46 bits per heavy atom. The van der Waals surface area contributed by atoms with Crippen LogP contribution < -0.4 is 0 Å². The van der Waals surface area contributed by atoms with Crippen molar-refractivity contribution >= 4 is 0 Å². The molecule has 1 rings (SSSR count). The SMILES string of the molecule is CCCC1CCC(C)(F)CC(C)C1. The van der Waals surface area contributed by atoms with Gasteiger partial charge >= 0.3 is 0 Å². The Labute approximate surface area is 81.9 Å². The van der Waals surface area contributed by atoms with Crippen molar-refractivity contribution in [2.45, 2.75) is 65.0 Å². The van der Waals surface area contributed by atoms with Crippen molar-refractivity contribution in [2.24, 2.45) is 11.8 Å². The van der Waals surface area contributed by atoms with E-state index in [1.165, 1.54) is 19.3 Å². The predicted molar refractivity (Wildman–Crippen MR) is 55.5 cm³/mol. The lowest BCUT2D eigenvalue weighted by atomic mass is 9.91. The average molecular weight is 186 g/mol. The van der Waals surface area contributed by atoms with Crippen LogP contribution >= 0.6 is 0 Å². The molecule has 0 aliphatic heterocycles. The van der Waals surface area contributed by atoms with E-state index in [4.69, 9.17) is 0 Å². The molecular formula is C12H23F. The summed E-state index contributed by atoms with van der Waals surface area (Å²) in [6.07, 6.45) is 6.44. The van der Waals surface area contributed by atoms with Gasteiger partial charge in [-0.3, -0.25) is 0 Å². The van der Waals surface area contributed by atoms with Crippen LogP contribution in [0.5, 0.6) is 0 Å². The summed E-state index contributed by atoms with van der Waals surface area (Å²) in [6.45, 7) is 6.20. The Bertz CT molecular complexity index is 151. The average Bonchev–Trinajstić information content (AvgIpc) is 2.10. The monoisotopic (exact) mass is 186 g/mol. The van der Waals surface area contributed by atoms with E-state index in [2.05, 4.69) is 13.8 Å². The molecule has 1 aliphatic carbocycles. The number of hydrogen-bond acceptors (Lipinski definition) is 0. The largest absolute Gasteiger partial charge is 0.244 e. The van der Waals surface area contributed by atoms with Crippen LogP contribution in [0.15, 0.2) is 0 Å². The topological polar surface area (TPSA) is 0 Å². The molecule has 1 fully saturated rings. The molecule has 3 atom stereocenters. The lowest BCUT2D eigenvalue weighted by molar-refractivity contribution is 0.147. The Hall–Kier alpha value is -0.0700. The molecule has 0 nitrogen and oxygen atoms in total. The molecular weight excluding hydrogens is 163 g/mol. The van der Waals surface area contributed by atoms with E-state index in [1.807, 2.05) is 0 Å². The molecule has 0 saturated heterocycles. The minimum absolute atomic E-state index is 0.578. The lowest BCUT2D eigenvalue weighted by Gasteiger charge is -2.19. The fraction of sp³-hybridized carbons (Fsp3) is 1.00. The Balaban J connectivity index is 2.48. The molecule has 0 aromatic rings. The van der Waals surface area contributed by atoms with Gasteiger partial charge in [-0.05, 0) is 44.4 Å². The molecule has 1 saturated carbocycles. The molecule has 1 heteroatoms. The van der Waals surface area contributed by atoms with Crippen LogP contribution in [0.1, 0.15) is 59.3 Å². The van der Waals surface area contributed by atoms with E-state index in [0.717, 1.165) is 25.2 Å². The minimum Gasteiger partial charge on any atom is -0.244 e. The highest BCUT2D eigenvalue weighted by Crippen LogP contribution is 2.37. The maximum Gasteiger partial charge on any atom is 0.108 e. The van der Waals surface area contributed by atoms with Crippen molar-refractivity contribution < 1.29 is 4.39 Å². The minimum atomic E-state index is -0.887. The zero-order chi connectivity index (χ0) is 9.90. The van der Waals surface area contributed by atoms with E-state index >= 15 is 0 Å². The quantitative estimate of drug-likeness (QED) is 0.563. The molecule has 0 aromatic carbocycles. The second-order valence-corrected chi connectivity index (χ2v) is 5.15. The summed E-state index contributed by atoms with van der Waals surface area (Å²) in [7, 11) is 0. The summed E-state index contributed by atoms with van der Waals surface area (Å²) in [5.74, 6) is 1.37. The predicted octanol–water partition coefficient (Wildman–Crippen LogP) is 4.34. The van der Waals surface area contributed by atoms with Gasteiger partial charge in [-0.15, -0.1) is 0 Å². The smallest absolute Gasteiger partial charge is 0.108 e. The Kier molecular flexibility index (Phi) is 3.75. The van der Waals surface area contributed by atoms with Crippen molar-refractivity contribution in [1.82, 2.24) is 0 Å². The first-order chi connectivity index (χ1) is 6.03. The molecule has 0 amide bonds. The highest BCUT2D eigenvalue weighted by atomic mass is 19.1. The normalized spacial score (nSPS) is 41.5. The lowest BCUT2D eigenvalue weighted by Crippen LogP contribution is -2.18. The molecule has 0 spiro atoms. The van der Waals surface area contributed by atoms with Crippen LogP contribution in [0.4, 0.5) is 4.39 Å². The van der Waals surface area contributed by atoms with Gasteiger partial charge in [0.2, 0.25) is 0 Å². The van der Waals surface area contributed by atoms with E-state index in [0.29, 0.717) is 5.92 Å². The first kappa shape index (κ1) is 11.0. The van der Waals surface area contributed by atoms with Gasteiger partial charge in [-0.1, -0.05) is 26.7 Å². The van der Waals surface area contributed by atoms with E-state index < -0.39 is 5.67 Å². The number of hydrogen-bond donors (Lipinski definition) is 0. The van der Waals surface area contributed by atoms with Gasteiger partial charge in [0.05, 0.1) is 0 Å². The fourth-order valence-corrected chi connectivity index (χ4v) is 2.77. The first-order valence-electron chi connectivity index (χ1n) is 5.72. The summed E-state index contributed by atoms with van der Waals surface area (Å²) in [4.78, 5) is 0. The van der Waals surface area contributed by atoms with E-state index in [1.54, 1.807) is 6.92 Å². The van der Waals surface area contributed by atoms with Crippen LogP contribution in [0, 0.1) is 11.8 Å².